The number of nitrogens with one attached hydrogen (secondary N) is 1. The largest absolute Gasteiger partial charge is 0.378 e. The number of piperidine rings is 1. The molecule has 32 heavy (non-hydrogen) atoms. The summed E-state index contributed by atoms with van der Waals surface area (Å²) in [6.45, 7) is 6.63. The van der Waals surface area contributed by atoms with Crippen molar-refractivity contribution >= 4 is 17.6 Å². The standard InChI is InChI=1S/C24H35N3O5/c1-2-19-4-3-5-20(16-19)25-23(29)27-9-7-24(8-10-27)17-21(6-13-32-24)31-18-22(28)26-11-14-30-15-12-26/h3-5,16,21H,2,6-15,17-18H2,1H3,(H,25,29). The highest BCUT2D eigenvalue weighted by Gasteiger charge is 2.41. The van der Waals surface area contributed by atoms with Gasteiger partial charge in [-0.3, -0.25) is 4.79 Å². The van der Waals surface area contributed by atoms with E-state index in [0.717, 1.165) is 37.8 Å². The first-order valence-corrected chi connectivity index (χ1v) is 11.8. The molecular formula is C24H35N3O5. The number of benzene rings is 1. The summed E-state index contributed by atoms with van der Waals surface area (Å²) in [5.74, 6) is 0.0347. The topological polar surface area (TPSA) is 80.3 Å². The normalized spacial score (nSPS) is 23.2. The van der Waals surface area contributed by atoms with Gasteiger partial charge in [-0.2, -0.15) is 0 Å². The number of hydrogen-bond acceptors (Lipinski definition) is 5. The number of likely N-dealkylation sites (tertiary alicyclic amines) is 1. The molecule has 176 valence electrons. The number of nitrogens with zero attached hydrogens (tertiary/aromatic N) is 2. The summed E-state index contributed by atoms with van der Waals surface area (Å²) in [6.07, 6.45) is 4.10. The quantitative estimate of drug-likeness (QED) is 0.754. The van der Waals surface area contributed by atoms with Gasteiger partial charge in [0.25, 0.3) is 0 Å². The van der Waals surface area contributed by atoms with Crippen molar-refractivity contribution in [3.05, 3.63) is 29.8 Å². The van der Waals surface area contributed by atoms with E-state index in [2.05, 4.69) is 18.3 Å². The predicted molar refractivity (Wildman–Crippen MR) is 121 cm³/mol. The maximum absolute atomic E-state index is 12.7. The van der Waals surface area contributed by atoms with Crippen molar-refractivity contribution in [3.8, 4) is 0 Å². The lowest BCUT2D eigenvalue weighted by Gasteiger charge is -2.46. The molecule has 0 saturated carbocycles. The number of urea groups is 1. The molecule has 3 aliphatic heterocycles. The molecule has 8 nitrogen and oxygen atoms in total. The Kier molecular flexibility index (Phi) is 7.65. The van der Waals surface area contributed by atoms with Gasteiger partial charge in [-0.1, -0.05) is 19.1 Å². The molecule has 1 aromatic carbocycles. The smallest absolute Gasteiger partial charge is 0.321 e. The Morgan fingerprint density at radius 2 is 1.91 bits per heavy atom. The third kappa shape index (κ3) is 5.79. The molecule has 3 saturated heterocycles. The third-order valence-electron chi connectivity index (χ3n) is 6.80. The van der Waals surface area contributed by atoms with Crippen molar-refractivity contribution < 1.29 is 23.8 Å². The van der Waals surface area contributed by atoms with Gasteiger partial charge in [0.1, 0.15) is 6.61 Å². The lowest BCUT2D eigenvalue weighted by atomic mass is 9.83. The van der Waals surface area contributed by atoms with Crippen LogP contribution in [0.25, 0.3) is 0 Å². The molecule has 8 heteroatoms. The summed E-state index contributed by atoms with van der Waals surface area (Å²) in [6, 6.07) is 7.92. The van der Waals surface area contributed by atoms with Gasteiger partial charge in [0, 0.05) is 44.9 Å². The van der Waals surface area contributed by atoms with E-state index in [1.54, 1.807) is 0 Å². The first-order chi connectivity index (χ1) is 15.6. The summed E-state index contributed by atoms with van der Waals surface area (Å²) in [5, 5.41) is 3.02. The van der Waals surface area contributed by atoms with Crippen LogP contribution in [0, 0.1) is 0 Å². The molecule has 3 aliphatic rings. The molecule has 3 heterocycles. The highest BCUT2D eigenvalue weighted by Crippen LogP contribution is 2.36. The van der Waals surface area contributed by atoms with E-state index in [0.29, 0.717) is 46.0 Å². The minimum Gasteiger partial charge on any atom is -0.378 e. The number of carbonyl (C=O) groups is 2. The van der Waals surface area contributed by atoms with Crippen molar-refractivity contribution in [2.24, 2.45) is 0 Å². The molecule has 4 rings (SSSR count). The molecular weight excluding hydrogens is 410 g/mol. The van der Waals surface area contributed by atoms with Gasteiger partial charge in [-0.25, -0.2) is 4.79 Å². The third-order valence-corrected chi connectivity index (χ3v) is 6.80. The maximum Gasteiger partial charge on any atom is 0.321 e. The number of hydrogen-bond donors (Lipinski definition) is 1. The maximum atomic E-state index is 12.7. The van der Waals surface area contributed by atoms with Crippen LogP contribution in [-0.2, 0) is 25.4 Å². The Hall–Kier alpha value is -2.16. The number of ether oxygens (including phenoxy) is 3. The van der Waals surface area contributed by atoms with E-state index in [4.69, 9.17) is 14.2 Å². The number of anilines is 1. The monoisotopic (exact) mass is 445 g/mol. The Morgan fingerprint density at radius 3 is 2.66 bits per heavy atom. The van der Waals surface area contributed by atoms with Gasteiger partial charge in [-0.15, -0.1) is 0 Å². The molecule has 0 aliphatic carbocycles. The van der Waals surface area contributed by atoms with Crippen LogP contribution < -0.4 is 5.32 Å². The molecule has 0 radical (unpaired) electrons. The van der Waals surface area contributed by atoms with E-state index >= 15 is 0 Å². The molecule has 3 amide bonds. The van der Waals surface area contributed by atoms with E-state index in [-0.39, 0.29) is 30.3 Å². The van der Waals surface area contributed by atoms with Gasteiger partial charge < -0.3 is 29.3 Å². The fraction of sp³-hybridized carbons (Fsp3) is 0.667. The van der Waals surface area contributed by atoms with E-state index in [1.165, 1.54) is 5.56 Å². The summed E-state index contributed by atoms with van der Waals surface area (Å²) in [5.41, 5.74) is 1.78. The first kappa shape index (κ1) is 23.0. The molecule has 1 atom stereocenters. The van der Waals surface area contributed by atoms with E-state index < -0.39 is 0 Å². The molecule has 1 aromatic rings. The molecule has 0 bridgehead atoms. The summed E-state index contributed by atoms with van der Waals surface area (Å²) < 4.78 is 17.5. The number of rotatable bonds is 5. The summed E-state index contributed by atoms with van der Waals surface area (Å²) in [7, 11) is 0. The van der Waals surface area contributed by atoms with Gasteiger partial charge in [0.05, 0.1) is 24.9 Å². The molecule has 1 unspecified atom stereocenters. The zero-order valence-electron chi connectivity index (χ0n) is 19.0. The minimum atomic E-state index is -0.260. The van der Waals surface area contributed by atoms with Crippen LogP contribution in [0.1, 0.15) is 38.2 Å². The number of aryl methyl sites for hydroxylation is 1. The second-order valence-corrected chi connectivity index (χ2v) is 8.92. The second-order valence-electron chi connectivity index (χ2n) is 8.92. The summed E-state index contributed by atoms with van der Waals surface area (Å²) >= 11 is 0. The van der Waals surface area contributed by atoms with Crippen molar-refractivity contribution in [1.82, 2.24) is 9.80 Å². The first-order valence-electron chi connectivity index (χ1n) is 11.8. The van der Waals surface area contributed by atoms with E-state index in [9.17, 15) is 9.59 Å². The predicted octanol–water partition coefficient (Wildman–Crippen LogP) is 2.67. The number of morpholine rings is 1. The number of amides is 3. The molecule has 1 N–H and O–H groups in total. The van der Waals surface area contributed by atoms with Crippen molar-refractivity contribution in [1.29, 1.82) is 0 Å². The Morgan fingerprint density at radius 1 is 1.12 bits per heavy atom. The van der Waals surface area contributed by atoms with Crippen molar-refractivity contribution in [2.45, 2.75) is 50.7 Å². The molecule has 3 fully saturated rings. The van der Waals surface area contributed by atoms with Gasteiger partial charge in [0.15, 0.2) is 0 Å². The zero-order valence-corrected chi connectivity index (χ0v) is 19.0. The fourth-order valence-electron chi connectivity index (χ4n) is 4.76. The van der Waals surface area contributed by atoms with Crippen LogP contribution in [0.5, 0.6) is 0 Å². The Bertz CT molecular complexity index is 788. The highest BCUT2D eigenvalue weighted by molar-refractivity contribution is 5.89. The van der Waals surface area contributed by atoms with Gasteiger partial charge in [0.2, 0.25) is 5.91 Å². The van der Waals surface area contributed by atoms with Crippen LogP contribution in [-0.4, -0.2) is 86.0 Å². The van der Waals surface area contributed by atoms with Crippen LogP contribution in [0.3, 0.4) is 0 Å². The minimum absolute atomic E-state index is 0.0194. The zero-order chi connectivity index (χ0) is 22.4. The lowest BCUT2D eigenvalue weighted by Crippen LogP contribution is -2.53. The SMILES string of the molecule is CCc1cccc(NC(=O)N2CCC3(CC2)CC(OCC(=O)N2CCOCC2)CCO3)c1. The van der Waals surface area contributed by atoms with Crippen molar-refractivity contribution in [2.75, 3.05) is 57.9 Å². The van der Waals surface area contributed by atoms with E-state index in [1.807, 2.05) is 28.0 Å². The van der Waals surface area contributed by atoms with Crippen LogP contribution in [0.15, 0.2) is 24.3 Å². The summed E-state index contributed by atoms with van der Waals surface area (Å²) in [4.78, 5) is 28.8. The van der Waals surface area contributed by atoms with Gasteiger partial charge in [-0.05, 0) is 43.4 Å². The second kappa shape index (κ2) is 10.6. The van der Waals surface area contributed by atoms with Crippen molar-refractivity contribution in [3.63, 3.8) is 0 Å². The molecule has 1 spiro atoms. The molecule has 0 aromatic heterocycles. The average Bonchev–Trinajstić information content (AvgIpc) is 2.84. The fourth-order valence-corrected chi connectivity index (χ4v) is 4.76. The van der Waals surface area contributed by atoms with Crippen LogP contribution >= 0.6 is 0 Å². The van der Waals surface area contributed by atoms with Crippen LogP contribution in [0.2, 0.25) is 0 Å². The van der Waals surface area contributed by atoms with Gasteiger partial charge >= 0.3 is 6.03 Å². The average molecular weight is 446 g/mol. The lowest BCUT2D eigenvalue weighted by molar-refractivity contribution is -0.163. The number of carbonyl (C=O) groups excluding carboxylic acids is 2. The Labute approximate surface area is 190 Å². The van der Waals surface area contributed by atoms with Crippen LogP contribution in [0.4, 0.5) is 10.5 Å². The Balaban J connectivity index is 1.24. The highest BCUT2D eigenvalue weighted by atomic mass is 16.5.